The number of halogens is 2. The summed E-state index contributed by atoms with van der Waals surface area (Å²) in [7, 11) is 0. The van der Waals surface area contributed by atoms with E-state index < -0.39 is 17.3 Å². The molecule has 152 valence electrons. The first-order valence-electron chi connectivity index (χ1n) is 8.97. The Balaban J connectivity index is 1.53. The number of aromatic nitrogens is 5. The van der Waals surface area contributed by atoms with Crippen molar-refractivity contribution in [2.24, 2.45) is 0 Å². The van der Waals surface area contributed by atoms with Crippen LogP contribution in [0.5, 0.6) is 0 Å². The molecule has 0 aliphatic carbocycles. The Morgan fingerprint density at radius 3 is 2.70 bits per heavy atom. The molecule has 0 spiro atoms. The second-order valence-electron chi connectivity index (χ2n) is 6.44. The minimum absolute atomic E-state index is 0.0323. The number of Topliss-reactive ketones (excluding diaryl/α,β-unsaturated/α-hetero) is 1. The highest BCUT2D eigenvalue weighted by molar-refractivity contribution is 7.09. The molecule has 30 heavy (non-hydrogen) atoms. The maximum atomic E-state index is 13.4. The Bertz CT molecular complexity index is 1250. The van der Waals surface area contributed by atoms with Gasteiger partial charge in [-0.25, -0.2) is 32.8 Å². The van der Waals surface area contributed by atoms with Crippen LogP contribution in [-0.2, 0) is 13.0 Å². The van der Waals surface area contributed by atoms with Crippen molar-refractivity contribution < 1.29 is 13.6 Å². The van der Waals surface area contributed by atoms with Gasteiger partial charge < -0.3 is 0 Å². The molecule has 3 heterocycles. The van der Waals surface area contributed by atoms with Crippen molar-refractivity contribution in [3.63, 3.8) is 0 Å². The lowest BCUT2D eigenvalue weighted by Gasteiger charge is -2.04. The van der Waals surface area contributed by atoms with E-state index in [1.807, 2.05) is 5.38 Å². The topological polar surface area (TPSA) is 82.7 Å². The van der Waals surface area contributed by atoms with Crippen molar-refractivity contribution >= 4 is 17.1 Å². The first kappa shape index (κ1) is 19.8. The smallest absolute Gasteiger partial charge is 0.294 e. The van der Waals surface area contributed by atoms with Gasteiger partial charge in [-0.05, 0) is 29.8 Å². The summed E-state index contributed by atoms with van der Waals surface area (Å²) in [6.07, 6.45) is 5.25. The first-order chi connectivity index (χ1) is 14.5. The molecule has 0 radical (unpaired) electrons. The molecule has 0 aliphatic heterocycles. The average molecular weight is 427 g/mol. The molecule has 0 saturated heterocycles. The van der Waals surface area contributed by atoms with Gasteiger partial charge in [0.25, 0.3) is 0 Å². The summed E-state index contributed by atoms with van der Waals surface area (Å²) in [6.45, 7) is -0.0323. The highest BCUT2D eigenvalue weighted by Crippen LogP contribution is 2.13. The second-order valence-corrected chi connectivity index (χ2v) is 7.42. The molecule has 7 nitrogen and oxygen atoms in total. The van der Waals surface area contributed by atoms with Gasteiger partial charge in [-0.2, -0.15) is 5.10 Å². The Hall–Kier alpha value is -3.53. The van der Waals surface area contributed by atoms with E-state index in [4.69, 9.17) is 0 Å². The fourth-order valence-corrected chi connectivity index (χ4v) is 3.50. The summed E-state index contributed by atoms with van der Waals surface area (Å²) in [5.74, 6) is -1.80. The molecular formula is C20H15F2N5O2S. The highest BCUT2D eigenvalue weighted by atomic mass is 32.1. The number of hydrogen-bond acceptors (Lipinski definition) is 6. The Morgan fingerprint density at radius 2 is 1.93 bits per heavy atom. The van der Waals surface area contributed by atoms with Crippen LogP contribution in [0.25, 0.3) is 5.82 Å². The molecule has 10 heteroatoms. The molecule has 0 N–H and O–H groups in total. The first-order valence-corrected chi connectivity index (χ1v) is 9.85. The number of carbonyl (C=O) groups is 1. The van der Waals surface area contributed by atoms with Crippen LogP contribution < -0.4 is 5.69 Å². The third-order valence-electron chi connectivity index (χ3n) is 4.41. The maximum absolute atomic E-state index is 13.4. The summed E-state index contributed by atoms with van der Waals surface area (Å²) in [4.78, 5) is 33.4. The lowest BCUT2D eigenvalue weighted by molar-refractivity contribution is 0.0982. The zero-order chi connectivity index (χ0) is 21.1. The summed E-state index contributed by atoms with van der Waals surface area (Å²) < 4.78 is 28.8. The molecule has 4 rings (SSSR count). The van der Waals surface area contributed by atoms with Crippen LogP contribution in [-0.4, -0.2) is 30.1 Å². The molecule has 3 aromatic heterocycles. The summed E-state index contributed by atoms with van der Waals surface area (Å²) in [5.41, 5.74) is 0.303. The Kier molecular flexibility index (Phi) is 5.57. The van der Waals surface area contributed by atoms with Crippen LogP contribution >= 0.6 is 11.3 Å². The van der Waals surface area contributed by atoms with Gasteiger partial charge in [0, 0.05) is 36.2 Å². The van der Waals surface area contributed by atoms with Gasteiger partial charge in [-0.1, -0.05) is 6.07 Å². The van der Waals surface area contributed by atoms with Crippen molar-refractivity contribution in [1.29, 1.82) is 0 Å². The number of rotatable bonds is 7. The van der Waals surface area contributed by atoms with E-state index in [0.29, 0.717) is 24.0 Å². The predicted molar refractivity (Wildman–Crippen MR) is 106 cm³/mol. The van der Waals surface area contributed by atoms with Gasteiger partial charge in [0.15, 0.2) is 17.4 Å². The van der Waals surface area contributed by atoms with Crippen LogP contribution in [0.3, 0.4) is 0 Å². The molecule has 0 aliphatic rings. The minimum Gasteiger partial charge on any atom is -0.294 e. The van der Waals surface area contributed by atoms with Gasteiger partial charge in [-0.3, -0.25) is 4.79 Å². The number of benzene rings is 1. The number of carbonyl (C=O) groups excluding carboxylic acids is 1. The van der Waals surface area contributed by atoms with Crippen molar-refractivity contribution in [3.05, 3.63) is 92.7 Å². The number of pyridine rings is 1. The maximum Gasteiger partial charge on any atom is 0.351 e. The fraction of sp³-hybridized carbons (Fsp3) is 0.150. The van der Waals surface area contributed by atoms with Gasteiger partial charge >= 0.3 is 5.69 Å². The highest BCUT2D eigenvalue weighted by Gasteiger charge is 2.13. The summed E-state index contributed by atoms with van der Waals surface area (Å²) in [6, 6.07) is 6.50. The molecule has 0 unspecified atom stereocenters. The molecular weight excluding hydrogens is 412 g/mol. The van der Waals surface area contributed by atoms with E-state index in [2.05, 4.69) is 15.1 Å². The largest absolute Gasteiger partial charge is 0.351 e. The van der Waals surface area contributed by atoms with Crippen molar-refractivity contribution in [1.82, 2.24) is 24.3 Å². The molecule has 0 bridgehead atoms. The van der Waals surface area contributed by atoms with Crippen LogP contribution in [0, 0.1) is 11.6 Å². The van der Waals surface area contributed by atoms with E-state index in [1.54, 1.807) is 12.3 Å². The van der Waals surface area contributed by atoms with Crippen LogP contribution in [0.4, 0.5) is 8.78 Å². The SMILES string of the molecule is O=C(CCc1nccs1)c1ccnc(-n2cnn(Cc3ccc(F)c(F)c3)c2=O)c1. The number of aryl methyl sites for hydroxylation is 1. The number of thiazole rings is 1. The molecule has 0 atom stereocenters. The molecule has 0 amide bonds. The van der Waals surface area contributed by atoms with Gasteiger partial charge in [0.2, 0.25) is 0 Å². The van der Waals surface area contributed by atoms with E-state index >= 15 is 0 Å². The Labute approximate surface area is 173 Å². The van der Waals surface area contributed by atoms with Gasteiger partial charge in [0.05, 0.1) is 11.6 Å². The average Bonchev–Trinajstić information content (AvgIpc) is 3.39. The third kappa shape index (κ3) is 4.23. The lowest BCUT2D eigenvalue weighted by Crippen LogP contribution is -2.25. The van der Waals surface area contributed by atoms with E-state index in [1.165, 1.54) is 40.6 Å². The standard InChI is InChI=1S/C20H15F2N5O2S/c21-15-2-1-13(9-16(15)22)11-27-20(29)26(12-25-27)18-10-14(5-6-23-18)17(28)3-4-19-24-7-8-30-19/h1-2,5-10,12H,3-4,11H2. The number of hydrogen-bond donors (Lipinski definition) is 0. The molecule has 0 saturated carbocycles. The Morgan fingerprint density at radius 1 is 1.07 bits per heavy atom. The van der Waals surface area contributed by atoms with Crippen LogP contribution in [0.15, 0.2) is 59.2 Å². The lowest BCUT2D eigenvalue weighted by atomic mass is 10.1. The molecule has 1 aromatic carbocycles. The van der Waals surface area contributed by atoms with Gasteiger partial charge in [0.1, 0.15) is 12.1 Å². The number of nitrogens with zero attached hydrogens (tertiary/aromatic N) is 5. The van der Waals surface area contributed by atoms with Crippen molar-refractivity contribution in [2.75, 3.05) is 0 Å². The summed E-state index contributed by atoms with van der Waals surface area (Å²) >= 11 is 1.49. The van der Waals surface area contributed by atoms with E-state index in [-0.39, 0.29) is 18.1 Å². The molecule has 4 aromatic rings. The van der Waals surface area contributed by atoms with Gasteiger partial charge in [-0.15, -0.1) is 11.3 Å². The van der Waals surface area contributed by atoms with E-state index in [0.717, 1.165) is 21.8 Å². The molecule has 0 fully saturated rings. The van der Waals surface area contributed by atoms with Crippen molar-refractivity contribution in [3.8, 4) is 5.82 Å². The van der Waals surface area contributed by atoms with Crippen molar-refractivity contribution in [2.45, 2.75) is 19.4 Å². The zero-order valence-electron chi connectivity index (χ0n) is 15.5. The summed E-state index contributed by atoms with van der Waals surface area (Å²) in [5, 5.41) is 6.74. The zero-order valence-corrected chi connectivity index (χ0v) is 16.4. The third-order valence-corrected chi connectivity index (χ3v) is 5.25. The quantitative estimate of drug-likeness (QED) is 0.424. The normalized spacial score (nSPS) is 11.0. The predicted octanol–water partition coefficient (Wildman–Crippen LogP) is 3.03. The van der Waals surface area contributed by atoms with Crippen LogP contribution in [0.1, 0.15) is 27.3 Å². The van der Waals surface area contributed by atoms with Crippen LogP contribution in [0.2, 0.25) is 0 Å². The number of ketones is 1. The fourth-order valence-electron chi connectivity index (χ4n) is 2.88. The minimum atomic E-state index is -0.995. The monoisotopic (exact) mass is 427 g/mol. The second kappa shape index (κ2) is 8.46. The van der Waals surface area contributed by atoms with E-state index in [9.17, 15) is 18.4 Å².